The van der Waals surface area contributed by atoms with Crippen molar-refractivity contribution in [1.29, 1.82) is 0 Å². The van der Waals surface area contributed by atoms with E-state index < -0.39 is 16.5 Å². The quantitative estimate of drug-likeness (QED) is 0.245. The Labute approximate surface area is 102 Å². The van der Waals surface area contributed by atoms with Crippen LogP contribution < -0.4 is 0 Å². The Balaban J connectivity index is 2.22. The Morgan fingerprint density at radius 3 is 2.35 bits per heavy atom. The van der Waals surface area contributed by atoms with Gasteiger partial charge in [0, 0.05) is 6.92 Å². The molecule has 6 nitrogen and oxygen atoms in total. The van der Waals surface area contributed by atoms with Gasteiger partial charge in [0.1, 0.15) is 20.2 Å². The molecule has 1 aliphatic heterocycles. The Hall–Kier alpha value is -0.500. The summed E-state index contributed by atoms with van der Waals surface area (Å²) in [5.74, 6) is 0. The molecule has 1 N–H and O–H groups in total. The number of hydrogen-bond acceptors (Lipinski definition) is 3. The van der Waals surface area contributed by atoms with Crippen LogP contribution in [-0.4, -0.2) is 73.6 Å². The van der Waals surface area contributed by atoms with Crippen molar-refractivity contribution in [2.75, 3.05) is 28.2 Å². The molecule has 2 rings (SSSR count). The molecular weight excluding hydrogens is 244 g/mol. The highest BCUT2D eigenvalue weighted by Crippen LogP contribution is 2.63. The fraction of sp³-hybridized carbons (Fsp3) is 0.900. The summed E-state index contributed by atoms with van der Waals surface area (Å²) in [6.45, 7) is 2.06. The number of quaternary nitrogens is 1. The van der Waals surface area contributed by atoms with Gasteiger partial charge in [-0.2, -0.15) is 8.42 Å². The smallest absolute Gasteiger partial charge is 0.300 e. The van der Waals surface area contributed by atoms with Crippen molar-refractivity contribution in [2.24, 2.45) is 0 Å². The van der Waals surface area contributed by atoms with Gasteiger partial charge in [-0.05, 0) is 0 Å². The van der Waals surface area contributed by atoms with Gasteiger partial charge in [-0.15, -0.1) is 0 Å². The van der Waals surface area contributed by atoms with E-state index >= 15 is 0 Å². The third-order valence-corrected chi connectivity index (χ3v) is 5.04. The SMILES string of the molecule is CC(=[N+](C)C)C12CC(OS(=O)(=O)O)C1[N+]2(C)C. The summed E-state index contributed by atoms with van der Waals surface area (Å²) in [6.07, 6.45) is 0.226. The van der Waals surface area contributed by atoms with Crippen molar-refractivity contribution < 1.29 is 26.2 Å². The van der Waals surface area contributed by atoms with Crippen LogP contribution in [0.2, 0.25) is 0 Å². The molecule has 2 fully saturated rings. The number of rotatable bonds is 3. The van der Waals surface area contributed by atoms with Crippen LogP contribution in [0.5, 0.6) is 0 Å². The minimum atomic E-state index is -4.35. The highest BCUT2D eigenvalue weighted by molar-refractivity contribution is 7.80. The van der Waals surface area contributed by atoms with Gasteiger partial charge in [0.05, 0.1) is 20.5 Å². The predicted molar refractivity (Wildman–Crippen MR) is 62.5 cm³/mol. The molecule has 98 valence electrons. The van der Waals surface area contributed by atoms with Crippen molar-refractivity contribution in [3.8, 4) is 0 Å². The Morgan fingerprint density at radius 1 is 1.47 bits per heavy atom. The molecule has 0 aromatic heterocycles. The molecule has 0 aromatic carbocycles. The molecule has 1 saturated carbocycles. The zero-order chi connectivity index (χ0) is 13.2. The number of likely N-dealkylation sites (tertiary alicyclic amines) is 1. The van der Waals surface area contributed by atoms with Crippen LogP contribution in [0.4, 0.5) is 0 Å². The number of fused-ring (bicyclic) bond motifs is 1. The lowest BCUT2D eigenvalue weighted by atomic mass is 9.79. The van der Waals surface area contributed by atoms with E-state index in [1.165, 1.54) is 5.71 Å². The highest BCUT2D eigenvalue weighted by Gasteiger charge is 2.90. The Bertz CT molecular complexity index is 492. The van der Waals surface area contributed by atoms with Crippen LogP contribution in [0.15, 0.2) is 0 Å². The van der Waals surface area contributed by atoms with Crippen molar-refractivity contribution in [3.63, 3.8) is 0 Å². The maximum atomic E-state index is 10.7. The van der Waals surface area contributed by atoms with Crippen molar-refractivity contribution in [3.05, 3.63) is 0 Å². The van der Waals surface area contributed by atoms with Crippen LogP contribution in [0.1, 0.15) is 13.3 Å². The van der Waals surface area contributed by atoms with E-state index in [2.05, 4.69) is 25.6 Å². The van der Waals surface area contributed by atoms with Crippen molar-refractivity contribution >= 4 is 16.1 Å². The van der Waals surface area contributed by atoms with Gasteiger partial charge >= 0.3 is 10.4 Å². The second-order valence-corrected chi connectivity index (χ2v) is 6.70. The lowest BCUT2D eigenvalue weighted by molar-refractivity contribution is -0.785. The van der Waals surface area contributed by atoms with Crippen LogP contribution in [0.25, 0.3) is 0 Å². The fourth-order valence-corrected chi connectivity index (χ4v) is 4.02. The van der Waals surface area contributed by atoms with Gasteiger partial charge in [0.25, 0.3) is 0 Å². The monoisotopic (exact) mass is 264 g/mol. The summed E-state index contributed by atoms with van der Waals surface area (Å²) in [5, 5.41) is 0. The maximum absolute atomic E-state index is 10.7. The van der Waals surface area contributed by atoms with E-state index in [0.29, 0.717) is 6.42 Å². The van der Waals surface area contributed by atoms with E-state index in [4.69, 9.17) is 8.74 Å². The largest absolute Gasteiger partial charge is 0.397 e. The number of hydrogen-bond donors (Lipinski definition) is 1. The first-order valence-corrected chi connectivity index (χ1v) is 6.91. The zero-order valence-corrected chi connectivity index (χ0v) is 11.7. The predicted octanol–water partition coefficient (Wildman–Crippen LogP) is -0.491. The standard InChI is InChI=1S/C10H19N2O4S/c1-7(11(2)3)10-6-8(16-17(13,14)15)9(10)12(10,4)5/h8-9H,6H2,1-5H3/q+1/p+1. The topological polar surface area (TPSA) is 66.6 Å². The third-order valence-electron chi connectivity index (χ3n) is 4.55. The second kappa shape index (κ2) is 3.28. The van der Waals surface area contributed by atoms with Crippen LogP contribution in [-0.2, 0) is 14.6 Å². The summed E-state index contributed by atoms with van der Waals surface area (Å²) in [7, 11) is 3.74. The summed E-state index contributed by atoms with van der Waals surface area (Å²) >= 11 is 0. The molecule has 0 amide bonds. The van der Waals surface area contributed by atoms with E-state index in [1.807, 2.05) is 14.1 Å². The van der Waals surface area contributed by atoms with Gasteiger partial charge in [-0.1, -0.05) is 0 Å². The van der Waals surface area contributed by atoms with Crippen LogP contribution in [0, 0.1) is 0 Å². The summed E-state index contributed by atoms with van der Waals surface area (Å²) in [4.78, 5) is 0. The first-order chi connectivity index (χ1) is 7.54. The summed E-state index contributed by atoms with van der Waals surface area (Å²) < 4.78 is 37.6. The molecule has 1 heterocycles. The molecule has 0 spiro atoms. The molecular formula is C10H20N2O4S+2. The zero-order valence-electron chi connectivity index (χ0n) is 10.8. The average molecular weight is 264 g/mol. The molecule has 0 aromatic rings. The lowest BCUT2D eigenvalue weighted by Crippen LogP contribution is -2.49. The second-order valence-electron chi connectivity index (χ2n) is 5.66. The minimum absolute atomic E-state index is 0.0150. The number of likely N-dealkylation sites (N-methyl/N-ethyl adjacent to an activating group) is 1. The molecule has 1 saturated heterocycles. The van der Waals surface area contributed by atoms with Gasteiger partial charge < -0.3 is 0 Å². The molecule has 17 heavy (non-hydrogen) atoms. The van der Waals surface area contributed by atoms with Crippen LogP contribution >= 0.6 is 0 Å². The maximum Gasteiger partial charge on any atom is 0.397 e. The van der Waals surface area contributed by atoms with Crippen LogP contribution in [0.3, 0.4) is 0 Å². The molecule has 3 unspecified atom stereocenters. The highest BCUT2D eigenvalue weighted by atomic mass is 32.3. The normalized spacial score (nSPS) is 38.0. The Kier molecular flexibility index (Phi) is 2.50. The lowest BCUT2D eigenvalue weighted by Gasteiger charge is -2.22. The van der Waals surface area contributed by atoms with Crippen molar-refractivity contribution in [1.82, 2.24) is 0 Å². The summed E-state index contributed by atoms with van der Waals surface area (Å²) in [6, 6.07) is 0.117. The molecule has 1 aliphatic carbocycles. The molecule has 3 atom stereocenters. The molecule has 0 radical (unpaired) electrons. The average Bonchev–Trinajstić information content (AvgIpc) is 2.47. The summed E-state index contributed by atoms with van der Waals surface area (Å²) in [5.41, 5.74) is 1.21. The fourth-order valence-electron chi connectivity index (χ4n) is 3.53. The van der Waals surface area contributed by atoms with E-state index in [-0.39, 0.29) is 11.6 Å². The van der Waals surface area contributed by atoms with Gasteiger partial charge in [0.2, 0.25) is 11.3 Å². The molecule has 7 heteroatoms. The van der Waals surface area contributed by atoms with Gasteiger partial charge in [-0.25, -0.2) is 8.76 Å². The van der Waals surface area contributed by atoms with Gasteiger partial charge in [-0.3, -0.25) is 9.04 Å². The van der Waals surface area contributed by atoms with E-state index in [1.54, 1.807) is 0 Å². The van der Waals surface area contributed by atoms with Crippen molar-refractivity contribution in [2.45, 2.75) is 31.0 Å². The van der Waals surface area contributed by atoms with Gasteiger partial charge in [0.15, 0.2) is 6.04 Å². The number of nitrogens with zero attached hydrogens (tertiary/aromatic N) is 2. The Morgan fingerprint density at radius 2 is 2.00 bits per heavy atom. The first-order valence-electron chi connectivity index (χ1n) is 5.55. The van der Waals surface area contributed by atoms with E-state index in [0.717, 1.165) is 4.48 Å². The first kappa shape index (κ1) is 12.9. The third kappa shape index (κ3) is 1.56. The molecule has 0 bridgehead atoms. The van der Waals surface area contributed by atoms with E-state index in [9.17, 15) is 8.42 Å². The minimum Gasteiger partial charge on any atom is -0.300 e. The molecule has 2 aliphatic rings.